The van der Waals surface area contributed by atoms with Crippen molar-refractivity contribution in [1.29, 1.82) is 0 Å². The third-order valence-electron chi connectivity index (χ3n) is 4.17. The molecule has 0 unspecified atom stereocenters. The number of halogens is 6. The maximum Gasteiger partial charge on any atom is 0.573 e. The zero-order chi connectivity index (χ0) is 22.1. The van der Waals surface area contributed by atoms with Crippen LogP contribution >= 0.6 is 0 Å². The molecule has 30 heavy (non-hydrogen) atoms. The lowest BCUT2D eigenvalue weighted by Crippen LogP contribution is -2.23. The van der Waals surface area contributed by atoms with Crippen molar-refractivity contribution in [3.05, 3.63) is 53.1 Å². The van der Waals surface area contributed by atoms with Crippen LogP contribution in [0.15, 0.2) is 36.4 Å². The molecule has 5 nitrogen and oxygen atoms in total. The normalized spacial score (nSPS) is 14.0. The lowest BCUT2D eigenvalue weighted by atomic mass is 10.1. The molecule has 0 aliphatic carbocycles. The summed E-state index contributed by atoms with van der Waals surface area (Å²) in [5, 5.41) is 0. The number of hydrogen-bond donors (Lipinski definition) is 0. The van der Waals surface area contributed by atoms with Gasteiger partial charge in [-0.1, -0.05) is 12.1 Å². The van der Waals surface area contributed by atoms with Crippen LogP contribution in [0.3, 0.4) is 0 Å². The van der Waals surface area contributed by atoms with E-state index in [-0.39, 0.29) is 30.2 Å². The van der Waals surface area contributed by atoms with Gasteiger partial charge in [0.15, 0.2) is 6.61 Å². The fraction of sp³-hybridized carbons (Fsp3) is 0.316. The van der Waals surface area contributed by atoms with Crippen LogP contribution in [0.4, 0.5) is 26.3 Å². The Hall–Kier alpha value is -3.11. The van der Waals surface area contributed by atoms with Crippen LogP contribution in [0.5, 0.6) is 17.2 Å². The van der Waals surface area contributed by atoms with Gasteiger partial charge in [-0.15, -0.1) is 13.2 Å². The van der Waals surface area contributed by atoms with Crippen LogP contribution in [0.1, 0.15) is 21.5 Å². The van der Waals surface area contributed by atoms with Gasteiger partial charge in [0.25, 0.3) is 5.91 Å². The molecule has 3 rings (SSSR count). The van der Waals surface area contributed by atoms with E-state index in [0.717, 1.165) is 12.1 Å². The topological polar surface area (TPSA) is 48.0 Å². The van der Waals surface area contributed by atoms with Gasteiger partial charge in [-0.2, -0.15) is 13.2 Å². The summed E-state index contributed by atoms with van der Waals surface area (Å²) in [7, 11) is 1.28. The summed E-state index contributed by atoms with van der Waals surface area (Å²) >= 11 is 0. The highest BCUT2D eigenvalue weighted by molar-refractivity contribution is 6.01. The highest BCUT2D eigenvalue weighted by Gasteiger charge is 2.34. The van der Waals surface area contributed by atoms with E-state index in [9.17, 15) is 31.1 Å². The standard InChI is InChI=1S/C19H15F6NO4/c1-28-15-7-14(29-10-18(20,21)22)6-12-9-26(17(27)16(12)15)8-11-2-4-13(5-3-11)30-19(23,24)25/h2-7H,8-10H2,1H3. The number of hydrogen-bond acceptors (Lipinski definition) is 4. The third-order valence-corrected chi connectivity index (χ3v) is 4.17. The lowest BCUT2D eigenvalue weighted by molar-refractivity contribution is -0.274. The zero-order valence-corrected chi connectivity index (χ0v) is 15.4. The molecule has 0 radical (unpaired) electrons. The first-order valence-corrected chi connectivity index (χ1v) is 8.49. The molecular formula is C19H15F6NO4. The molecule has 2 aromatic rings. The van der Waals surface area contributed by atoms with Gasteiger partial charge >= 0.3 is 12.5 Å². The number of benzene rings is 2. The second-order valence-electron chi connectivity index (χ2n) is 6.42. The highest BCUT2D eigenvalue weighted by Crippen LogP contribution is 2.36. The summed E-state index contributed by atoms with van der Waals surface area (Å²) in [4.78, 5) is 14.1. The van der Waals surface area contributed by atoms with Gasteiger partial charge in [0.1, 0.15) is 17.2 Å². The number of rotatable bonds is 6. The number of carbonyl (C=O) groups excluding carboxylic acids is 1. The molecule has 0 bridgehead atoms. The Bertz CT molecular complexity index is 924. The van der Waals surface area contributed by atoms with Gasteiger partial charge in [0, 0.05) is 19.2 Å². The van der Waals surface area contributed by atoms with Crippen molar-refractivity contribution < 1.29 is 45.3 Å². The van der Waals surface area contributed by atoms with E-state index in [1.807, 2.05) is 0 Å². The molecular weight excluding hydrogens is 420 g/mol. The third kappa shape index (κ3) is 5.28. The van der Waals surface area contributed by atoms with E-state index >= 15 is 0 Å². The van der Waals surface area contributed by atoms with E-state index in [1.165, 1.54) is 36.3 Å². The van der Waals surface area contributed by atoms with Gasteiger partial charge < -0.3 is 19.1 Å². The molecule has 0 fully saturated rings. The van der Waals surface area contributed by atoms with Crippen molar-refractivity contribution >= 4 is 5.91 Å². The molecule has 0 N–H and O–H groups in total. The maximum absolute atomic E-state index is 12.7. The minimum Gasteiger partial charge on any atom is -0.496 e. The van der Waals surface area contributed by atoms with Crippen molar-refractivity contribution in [2.75, 3.05) is 13.7 Å². The number of carbonyl (C=O) groups is 1. The summed E-state index contributed by atoms with van der Waals surface area (Å²) in [6.07, 6.45) is -9.33. The number of ether oxygens (including phenoxy) is 3. The summed E-state index contributed by atoms with van der Waals surface area (Å²) < 4.78 is 87.6. The minimum atomic E-state index is -4.81. The average Bonchev–Trinajstić information content (AvgIpc) is 2.95. The Morgan fingerprint density at radius 2 is 1.67 bits per heavy atom. The fourth-order valence-corrected chi connectivity index (χ4v) is 3.00. The predicted octanol–water partition coefficient (Wildman–Crippen LogP) is 4.69. The van der Waals surface area contributed by atoms with Gasteiger partial charge in [0.2, 0.25) is 0 Å². The fourth-order valence-electron chi connectivity index (χ4n) is 3.00. The summed E-state index contributed by atoms with van der Waals surface area (Å²) in [6, 6.07) is 7.55. The number of fused-ring (bicyclic) bond motifs is 1. The molecule has 162 valence electrons. The van der Waals surface area contributed by atoms with Crippen LogP contribution in [0, 0.1) is 0 Å². The lowest BCUT2D eigenvalue weighted by Gasteiger charge is -2.16. The van der Waals surface area contributed by atoms with Gasteiger partial charge in [-0.3, -0.25) is 4.79 Å². The number of methoxy groups -OCH3 is 1. The molecule has 11 heteroatoms. The second-order valence-corrected chi connectivity index (χ2v) is 6.42. The van der Waals surface area contributed by atoms with Crippen molar-refractivity contribution in [2.24, 2.45) is 0 Å². The van der Waals surface area contributed by atoms with Crippen molar-refractivity contribution in [3.63, 3.8) is 0 Å². The monoisotopic (exact) mass is 435 g/mol. The van der Waals surface area contributed by atoms with Crippen molar-refractivity contribution in [3.8, 4) is 17.2 Å². The molecule has 1 aliphatic heterocycles. The molecule has 0 atom stereocenters. The van der Waals surface area contributed by atoms with Gasteiger partial charge in [-0.25, -0.2) is 0 Å². The molecule has 0 aromatic heterocycles. The SMILES string of the molecule is COc1cc(OCC(F)(F)F)cc2c1C(=O)N(Cc1ccc(OC(F)(F)F)cc1)C2. The first-order chi connectivity index (χ1) is 13.9. The van der Waals surface area contributed by atoms with Crippen LogP contribution in [-0.4, -0.2) is 37.1 Å². The van der Waals surface area contributed by atoms with Gasteiger partial charge in [0.05, 0.1) is 12.7 Å². The van der Waals surface area contributed by atoms with Crippen LogP contribution in [-0.2, 0) is 13.1 Å². The van der Waals surface area contributed by atoms with E-state index in [4.69, 9.17) is 9.47 Å². The Balaban J connectivity index is 1.74. The van der Waals surface area contributed by atoms with E-state index in [0.29, 0.717) is 11.1 Å². The molecule has 2 aromatic carbocycles. The Labute approximate surface area is 166 Å². The summed E-state index contributed by atoms with van der Waals surface area (Å²) in [5.74, 6) is -0.826. The number of alkyl halides is 6. The molecule has 0 spiro atoms. The maximum atomic E-state index is 12.7. The molecule has 1 aliphatic rings. The number of amides is 1. The first-order valence-electron chi connectivity index (χ1n) is 8.49. The van der Waals surface area contributed by atoms with E-state index in [1.54, 1.807) is 0 Å². The highest BCUT2D eigenvalue weighted by atomic mass is 19.4. The zero-order valence-electron chi connectivity index (χ0n) is 15.4. The molecule has 1 amide bonds. The predicted molar refractivity (Wildman–Crippen MR) is 91.2 cm³/mol. The smallest absolute Gasteiger partial charge is 0.496 e. The Morgan fingerprint density at radius 1 is 1.00 bits per heavy atom. The van der Waals surface area contributed by atoms with Crippen molar-refractivity contribution in [1.82, 2.24) is 4.90 Å². The molecule has 0 saturated carbocycles. The summed E-state index contributed by atoms with van der Waals surface area (Å²) in [5.41, 5.74) is 1.17. The van der Waals surface area contributed by atoms with E-state index < -0.39 is 30.8 Å². The summed E-state index contributed by atoms with van der Waals surface area (Å²) in [6.45, 7) is -1.34. The van der Waals surface area contributed by atoms with Gasteiger partial charge in [-0.05, 0) is 29.3 Å². The average molecular weight is 435 g/mol. The van der Waals surface area contributed by atoms with Crippen LogP contribution < -0.4 is 14.2 Å². The van der Waals surface area contributed by atoms with E-state index in [2.05, 4.69) is 4.74 Å². The minimum absolute atomic E-state index is 0.0711. The molecule has 1 heterocycles. The Kier molecular flexibility index (Phi) is 5.73. The first kappa shape index (κ1) is 21.6. The number of nitrogens with zero attached hydrogens (tertiary/aromatic N) is 1. The quantitative estimate of drug-likeness (QED) is 0.618. The Morgan fingerprint density at radius 3 is 2.23 bits per heavy atom. The molecule has 0 saturated heterocycles. The second kappa shape index (κ2) is 7.96. The van der Waals surface area contributed by atoms with Crippen LogP contribution in [0.25, 0.3) is 0 Å². The largest absolute Gasteiger partial charge is 0.573 e. The van der Waals surface area contributed by atoms with Crippen molar-refractivity contribution in [2.45, 2.75) is 25.6 Å². The van der Waals surface area contributed by atoms with Crippen LogP contribution in [0.2, 0.25) is 0 Å².